The minimum absolute atomic E-state index is 0.323. The second-order valence-electron chi connectivity index (χ2n) is 3.59. The van der Waals surface area contributed by atoms with Crippen LogP contribution in [0.2, 0.25) is 0 Å². The third-order valence-corrected chi connectivity index (χ3v) is 5.05. The van der Waals surface area contributed by atoms with Crippen LogP contribution in [0, 0.1) is 0 Å². The predicted molar refractivity (Wildman–Crippen MR) is 71.1 cm³/mol. The molecule has 0 atom stereocenters. The minimum Gasteiger partial charge on any atom is -0.283 e. The van der Waals surface area contributed by atoms with Gasteiger partial charge in [0.05, 0.1) is 5.25 Å². The Morgan fingerprint density at radius 2 is 1.69 bits per heavy atom. The number of hydrogen-bond acceptors (Lipinski definition) is 2. The Labute approximate surface area is 105 Å². The molecule has 5 heteroatoms. The molecule has 0 saturated carbocycles. The zero-order chi connectivity index (χ0) is 12.2. The van der Waals surface area contributed by atoms with Gasteiger partial charge in [-0.25, -0.2) is 8.42 Å². The fraction of sp³-hybridized carbons (Fsp3) is 0.455. The summed E-state index contributed by atoms with van der Waals surface area (Å²) in [6.07, 6.45) is 1.25. The first-order valence-corrected chi connectivity index (χ1v) is 7.60. The molecule has 1 aromatic carbocycles. The highest BCUT2D eigenvalue weighted by molar-refractivity contribution is 9.10. The predicted octanol–water partition coefficient (Wildman–Crippen LogP) is 3.38. The van der Waals surface area contributed by atoms with Crippen LogP contribution in [0.15, 0.2) is 28.7 Å². The van der Waals surface area contributed by atoms with Crippen LogP contribution in [-0.4, -0.2) is 13.7 Å². The highest BCUT2D eigenvalue weighted by atomic mass is 79.9. The van der Waals surface area contributed by atoms with Crippen molar-refractivity contribution in [3.8, 4) is 0 Å². The summed E-state index contributed by atoms with van der Waals surface area (Å²) in [5.41, 5.74) is 0.607. The molecule has 1 aromatic rings. The van der Waals surface area contributed by atoms with Gasteiger partial charge in [0.15, 0.2) is 0 Å². The van der Waals surface area contributed by atoms with Gasteiger partial charge >= 0.3 is 0 Å². The lowest BCUT2D eigenvalue weighted by Gasteiger charge is -2.15. The van der Waals surface area contributed by atoms with Gasteiger partial charge in [-0.1, -0.05) is 29.8 Å². The maximum atomic E-state index is 11.9. The molecule has 1 N–H and O–H groups in total. The number of benzene rings is 1. The molecule has 3 nitrogen and oxygen atoms in total. The molecule has 0 bridgehead atoms. The standard InChI is InChI=1S/C11H16BrNO2S/c1-3-11(4-2)16(14,15)13-10-7-5-9(12)6-8-10/h5-8,11,13H,3-4H2,1-2H3. The number of hydrogen-bond donors (Lipinski definition) is 1. The van der Waals surface area contributed by atoms with Gasteiger partial charge in [-0.05, 0) is 37.1 Å². The fourth-order valence-electron chi connectivity index (χ4n) is 1.49. The molecule has 0 spiro atoms. The van der Waals surface area contributed by atoms with Crippen molar-refractivity contribution in [1.29, 1.82) is 0 Å². The van der Waals surface area contributed by atoms with E-state index in [1.54, 1.807) is 12.1 Å². The van der Waals surface area contributed by atoms with Gasteiger partial charge in [-0.3, -0.25) is 4.72 Å². The molecule has 0 radical (unpaired) electrons. The smallest absolute Gasteiger partial charge is 0.235 e. The Morgan fingerprint density at radius 1 is 1.19 bits per heavy atom. The molecule has 0 aliphatic heterocycles. The summed E-state index contributed by atoms with van der Waals surface area (Å²) in [5, 5.41) is -0.323. The van der Waals surface area contributed by atoms with Gasteiger partial charge in [-0.2, -0.15) is 0 Å². The summed E-state index contributed by atoms with van der Waals surface area (Å²) in [6, 6.07) is 7.10. The van der Waals surface area contributed by atoms with Gasteiger partial charge in [0.25, 0.3) is 0 Å². The van der Waals surface area contributed by atoms with Gasteiger partial charge < -0.3 is 0 Å². The Kier molecular flexibility index (Phi) is 4.80. The topological polar surface area (TPSA) is 46.2 Å². The van der Waals surface area contributed by atoms with Crippen molar-refractivity contribution in [2.45, 2.75) is 31.9 Å². The van der Waals surface area contributed by atoms with E-state index in [0.717, 1.165) is 4.47 Å². The Bertz CT molecular complexity index is 424. The van der Waals surface area contributed by atoms with E-state index >= 15 is 0 Å². The molecule has 90 valence electrons. The van der Waals surface area contributed by atoms with Crippen LogP contribution in [-0.2, 0) is 10.0 Å². The Morgan fingerprint density at radius 3 is 2.12 bits per heavy atom. The lowest BCUT2D eigenvalue weighted by molar-refractivity contribution is 0.577. The van der Waals surface area contributed by atoms with Crippen LogP contribution in [0.25, 0.3) is 0 Å². The largest absolute Gasteiger partial charge is 0.283 e. The molecular formula is C11H16BrNO2S. The van der Waals surface area contributed by atoms with E-state index in [-0.39, 0.29) is 5.25 Å². The third-order valence-electron chi connectivity index (χ3n) is 2.45. The van der Waals surface area contributed by atoms with Crippen LogP contribution in [0.5, 0.6) is 0 Å². The van der Waals surface area contributed by atoms with E-state index in [4.69, 9.17) is 0 Å². The maximum Gasteiger partial charge on any atom is 0.235 e. The van der Waals surface area contributed by atoms with Crippen molar-refractivity contribution < 1.29 is 8.42 Å². The summed E-state index contributed by atoms with van der Waals surface area (Å²) < 4.78 is 27.4. The van der Waals surface area contributed by atoms with Gasteiger partial charge in [-0.15, -0.1) is 0 Å². The normalized spacial score (nSPS) is 11.8. The lowest BCUT2D eigenvalue weighted by Crippen LogP contribution is -2.26. The molecule has 0 aliphatic carbocycles. The lowest BCUT2D eigenvalue weighted by atomic mass is 10.3. The first kappa shape index (κ1) is 13.5. The van der Waals surface area contributed by atoms with E-state index in [0.29, 0.717) is 18.5 Å². The van der Waals surface area contributed by atoms with Crippen LogP contribution in [0.3, 0.4) is 0 Å². The van der Waals surface area contributed by atoms with E-state index in [9.17, 15) is 8.42 Å². The van der Waals surface area contributed by atoms with Gasteiger partial charge in [0.2, 0.25) is 10.0 Å². The third kappa shape index (κ3) is 3.49. The van der Waals surface area contributed by atoms with Crippen LogP contribution in [0.1, 0.15) is 26.7 Å². The maximum absolute atomic E-state index is 11.9. The van der Waals surface area contributed by atoms with Crippen molar-refractivity contribution in [1.82, 2.24) is 0 Å². The molecule has 0 fully saturated rings. The van der Waals surface area contributed by atoms with Crippen molar-refractivity contribution in [2.24, 2.45) is 0 Å². The second kappa shape index (κ2) is 5.68. The first-order valence-electron chi connectivity index (χ1n) is 5.26. The Hall–Kier alpha value is -0.550. The van der Waals surface area contributed by atoms with E-state index in [2.05, 4.69) is 20.7 Å². The Balaban J connectivity index is 2.84. The molecule has 0 aromatic heterocycles. The van der Waals surface area contributed by atoms with Crippen LogP contribution in [0.4, 0.5) is 5.69 Å². The second-order valence-corrected chi connectivity index (χ2v) is 6.47. The molecule has 16 heavy (non-hydrogen) atoms. The molecule has 1 rings (SSSR count). The summed E-state index contributed by atoms with van der Waals surface area (Å²) in [4.78, 5) is 0. The number of rotatable bonds is 5. The minimum atomic E-state index is -3.25. The highest BCUT2D eigenvalue weighted by Gasteiger charge is 2.21. The summed E-state index contributed by atoms with van der Waals surface area (Å²) >= 11 is 3.30. The zero-order valence-electron chi connectivity index (χ0n) is 9.40. The summed E-state index contributed by atoms with van der Waals surface area (Å²) in [7, 11) is -3.25. The number of halogens is 1. The van der Waals surface area contributed by atoms with Crippen LogP contribution < -0.4 is 4.72 Å². The molecular weight excluding hydrogens is 290 g/mol. The highest BCUT2D eigenvalue weighted by Crippen LogP contribution is 2.18. The number of sulfonamides is 1. The SMILES string of the molecule is CCC(CC)S(=O)(=O)Nc1ccc(Br)cc1. The average Bonchev–Trinajstić information content (AvgIpc) is 2.22. The van der Waals surface area contributed by atoms with E-state index < -0.39 is 10.0 Å². The number of nitrogens with one attached hydrogen (secondary N) is 1. The molecule has 0 heterocycles. The average molecular weight is 306 g/mol. The van der Waals surface area contributed by atoms with Crippen molar-refractivity contribution in [3.63, 3.8) is 0 Å². The molecule has 0 aliphatic rings. The number of anilines is 1. The molecule has 0 unspecified atom stereocenters. The zero-order valence-corrected chi connectivity index (χ0v) is 11.8. The quantitative estimate of drug-likeness (QED) is 0.906. The fourth-order valence-corrected chi connectivity index (χ4v) is 3.27. The monoisotopic (exact) mass is 305 g/mol. The van der Waals surface area contributed by atoms with Gasteiger partial charge in [0.1, 0.15) is 0 Å². The summed E-state index contributed by atoms with van der Waals surface area (Å²) in [6.45, 7) is 3.77. The van der Waals surface area contributed by atoms with Gasteiger partial charge in [0, 0.05) is 10.2 Å². The van der Waals surface area contributed by atoms with E-state index in [1.165, 1.54) is 0 Å². The summed E-state index contributed by atoms with van der Waals surface area (Å²) in [5.74, 6) is 0. The molecule has 0 saturated heterocycles. The van der Waals surface area contributed by atoms with Crippen molar-refractivity contribution >= 4 is 31.6 Å². The molecule has 0 amide bonds. The van der Waals surface area contributed by atoms with Crippen LogP contribution >= 0.6 is 15.9 Å². The van der Waals surface area contributed by atoms with E-state index in [1.807, 2.05) is 26.0 Å². The van der Waals surface area contributed by atoms with Crippen molar-refractivity contribution in [2.75, 3.05) is 4.72 Å². The first-order chi connectivity index (χ1) is 7.49. The van der Waals surface area contributed by atoms with Crippen molar-refractivity contribution in [3.05, 3.63) is 28.7 Å².